The number of carbonyl (C=O) groups is 2. The Morgan fingerprint density at radius 2 is 1.89 bits per heavy atom. The molecule has 2 aromatic rings. The molecule has 10 heteroatoms. The van der Waals surface area contributed by atoms with Crippen LogP contribution in [0.2, 0.25) is 0 Å². The van der Waals surface area contributed by atoms with Crippen LogP contribution < -0.4 is 20.1 Å². The van der Waals surface area contributed by atoms with E-state index < -0.39 is 27.5 Å². The minimum atomic E-state index is -3.87. The van der Waals surface area contributed by atoms with Crippen molar-refractivity contribution in [2.45, 2.75) is 17.4 Å². The Hall–Kier alpha value is -2.59. The van der Waals surface area contributed by atoms with E-state index >= 15 is 0 Å². The van der Waals surface area contributed by atoms with Gasteiger partial charge in [0, 0.05) is 5.69 Å². The van der Waals surface area contributed by atoms with Crippen molar-refractivity contribution in [2.75, 3.05) is 11.8 Å². The van der Waals surface area contributed by atoms with Crippen molar-refractivity contribution in [3.63, 3.8) is 0 Å². The smallest absolute Gasteiger partial charge is 0.322 e. The monoisotopic (exact) mass is 453 g/mol. The maximum atomic E-state index is 12.7. The summed E-state index contributed by atoms with van der Waals surface area (Å²) in [6.45, 7) is 1.54. The van der Waals surface area contributed by atoms with Crippen LogP contribution in [-0.4, -0.2) is 27.5 Å². The lowest BCUT2D eigenvalue weighted by atomic mass is 9.92. The van der Waals surface area contributed by atoms with E-state index in [1.807, 2.05) is 0 Å². The number of hydrogen-bond donors (Lipinski definition) is 3. The fourth-order valence-corrected chi connectivity index (χ4v) is 4.44. The van der Waals surface area contributed by atoms with Crippen LogP contribution in [0.25, 0.3) is 0 Å². The van der Waals surface area contributed by atoms with Crippen LogP contribution in [0, 0.1) is 0 Å². The van der Waals surface area contributed by atoms with Crippen molar-refractivity contribution < 1.29 is 22.7 Å². The van der Waals surface area contributed by atoms with Crippen molar-refractivity contribution in [2.24, 2.45) is 0 Å². The van der Waals surface area contributed by atoms with Gasteiger partial charge in [-0.2, -0.15) is 0 Å². The van der Waals surface area contributed by atoms with Crippen molar-refractivity contribution in [1.29, 1.82) is 0 Å². The van der Waals surface area contributed by atoms with E-state index in [9.17, 15) is 18.0 Å². The molecule has 2 aromatic carbocycles. The van der Waals surface area contributed by atoms with Crippen LogP contribution in [0.1, 0.15) is 12.5 Å². The lowest BCUT2D eigenvalue weighted by Crippen LogP contribution is -2.40. The van der Waals surface area contributed by atoms with Crippen molar-refractivity contribution in [3.8, 4) is 5.75 Å². The molecule has 1 aliphatic heterocycles. The Labute approximate surface area is 164 Å². The molecule has 1 heterocycles. The van der Waals surface area contributed by atoms with Gasteiger partial charge in [0.2, 0.25) is 0 Å². The number of urea groups is 1. The van der Waals surface area contributed by atoms with Crippen LogP contribution >= 0.6 is 15.9 Å². The van der Waals surface area contributed by atoms with E-state index in [2.05, 4.69) is 31.3 Å². The second kappa shape index (κ2) is 6.86. The highest BCUT2D eigenvalue weighted by Gasteiger charge is 2.43. The molecule has 0 aromatic heterocycles. The molecule has 0 bridgehead atoms. The van der Waals surface area contributed by atoms with Gasteiger partial charge in [-0.3, -0.25) is 14.8 Å². The van der Waals surface area contributed by atoms with Gasteiger partial charge in [0.25, 0.3) is 15.9 Å². The topological polar surface area (TPSA) is 114 Å². The summed E-state index contributed by atoms with van der Waals surface area (Å²) >= 11 is 3.26. The second-order valence-electron chi connectivity index (χ2n) is 6.02. The molecule has 0 spiro atoms. The maximum absolute atomic E-state index is 12.7. The summed E-state index contributed by atoms with van der Waals surface area (Å²) in [5.74, 6) is -0.00143. The van der Waals surface area contributed by atoms with Crippen LogP contribution in [0.3, 0.4) is 0 Å². The molecule has 3 N–H and O–H groups in total. The zero-order valence-corrected chi connectivity index (χ0v) is 16.8. The molecule has 3 rings (SSSR count). The molecular formula is C17H16BrN3O5S. The largest absolute Gasteiger partial charge is 0.496 e. The minimum absolute atomic E-state index is 0.0405. The van der Waals surface area contributed by atoms with Gasteiger partial charge in [0.15, 0.2) is 0 Å². The summed E-state index contributed by atoms with van der Waals surface area (Å²) in [7, 11) is -2.39. The van der Waals surface area contributed by atoms with Crippen molar-refractivity contribution in [3.05, 3.63) is 52.5 Å². The summed E-state index contributed by atoms with van der Waals surface area (Å²) in [6.07, 6.45) is 0. The molecular weight excluding hydrogens is 438 g/mol. The Kier molecular flexibility index (Phi) is 4.87. The van der Waals surface area contributed by atoms with Gasteiger partial charge in [-0.05, 0) is 58.7 Å². The average molecular weight is 454 g/mol. The highest BCUT2D eigenvalue weighted by atomic mass is 79.9. The van der Waals surface area contributed by atoms with Gasteiger partial charge >= 0.3 is 6.03 Å². The standard InChI is InChI=1S/C17H16BrN3O5S/c1-17(15(22)19-16(23)20-17)10-4-3-5-11(8-10)21-27(24,25)12-6-7-14(26-2)13(18)9-12/h3-9,21H,1-2H3,(H2,19,20,22,23). The molecule has 3 amide bonds. The highest BCUT2D eigenvalue weighted by molar-refractivity contribution is 9.10. The third kappa shape index (κ3) is 3.62. The zero-order valence-electron chi connectivity index (χ0n) is 14.4. The zero-order chi connectivity index (χ0) is 19.8. The first kappa shape index (κ1) is 19.2. The number of carbonyl (C=O) groups excluding carboxylic acids is 2. The van der Waals surface area contributed by atoms with Gasteiger partial charge < -0.3 is 10.1 Å². The fraction of sp³-hybridized carbons (Fsp3) is 0.176. The van der Waals surface area contributed by atoms with E-state index in [1.54, 1.807) is 25.1 Å². The molecule has 1 aliphatic rings. The minimum Gasteiger partial charge on any atom is -0.496 e. The SMILES string of the molecule is COc1ccc(S(=O)(=O)Nc2cccc(C3(C)NC(=O)NC3=O)c2)cc1Br. The third-order valence-corrected chi connectivity index (χ3v) is 6.17. The Balaban J connectivity index is 1.91. The van der Waals surface area contributed by atoms with Gasteiger partial charge in [-0.1, -0.05) is 12.1 Å². The van der Waals surface area contributed by atoms with Crippen molar-refractivity contribution >= 4 is 43.6 Å². The number of methoxy groups -OCH3 is 1. The highest BCUT2D eigenvalue weighted by Crippen LogP contribution is 2.30. The van der Waals surface area contributed by atoms with E-state index in [1.165, 1.54) is 31.4 Å². The lowest BCUT2D eigenvalue weighted by Gasteiger charge is -2.22. The summed E-state index contributed by atoms with van der Waals surface area (Å²) in [4.78, 5) is 23.6. The van der Waals surface area contributed by atoms with Gasteiger partial charge in [-0.25, -0.2) is 13.2 Å². The molecule has 8 nitrogen and oxygen atoms in total. The fourth-order valence-electron chi connectivity index (χ4n) is 2.67. The van der Waals surface area contributed by atoms with Crippen LogP contribution in [-0.2, 0) is 20.4 Å². The van der Waals surface area contributed by atoms with E-state index in [0.29, 0.717) is 15.8 Å². The number of benzene rings is 2. The molecule has 1 unspecified atom stereocenters. The Morgan fingerprint density at radius 1 is 1.15 bits per heavy atom. The summed E-state index contributed by atoms with van der Waals surface area (Å²) in [5, 5.41) is 4.71. The first-order valence-electron chi connectivity index (χ1n) is 7.76. The number of imide groups is 1. The molecule has 142 valence electrons. The Morgan fingerprint density at radius 3 is 2.48 bits per heavy atom. The molecule has 0 radical (unpaired) electrons. The van der Waals surface area contributed by atoms with Crippen LogP contribution in [0.5, 0.6) is 5.75 Å². The quantitative estimate of drug-likeness (QED) is 0.601. The molecule has 1 fully saturated rings. The van der Waals surface area contributed by atoms with Crippen LogP contribution in [0.15, 0.2) is 51.8 Å². The number of amides is 3. The molecule has 1 saturated heterocycles. The van der Waals surface area contributed by atoms with E-state index in [-0.39, 0.29) is 10.6 Å². The van der Waals surface area contributed by atoms with Crippen molar-refractivity contribution in [1.82, 2.24) is 10.6 Å². The average Bonchev–Trinajstić information content (AvgIpc) is 2.87. The predicted molar refractivity (Wildman–Crippen MR) is 102 cm³/mol. The Bertz CT molecular complexity index is 1040. The number of hydrogen-bond acceptors (Lipinski definition) is 5. The third-order valence-electron chi connectivity index (χ3n) is 4.17. The summed E-state index contributed by atoms with van der Waals surface area (Å²) in [5.41, 5.74) is -0.571. The molecule has 0 aliphatic carbocycles. The number of nitrogens with one attached hydrogen (secondary N) is 3. The number of ether oxygens (including phenoxy) is 1. The normalized spacial score (nSPS) is 19.4. The summed E-state index contributed by atoms with van der Waals surface area (Å²) in [6, 6.07) is 10.1. The van der Waals surface area contributed by atoms with E-state index in [4.69, 9.17) is 4.74 Å². The van der Waals surface area contributed by atoms with Gasteiger partial charge in [-0.15, -0.1) is 0 Å². The number of rotatable bonds is 5. The maximum Gasteiger partial charge on any atom is 0.322 e. The van der Waals surface area contributed by atoms with Gasteiger partial charge in [0.1, 0.15) is 11.3 Å². The van der Waals surface area contributed by atoms with Crippen LogP contribution in [0.4, 0.5) is 10.5 Å². The first-order chi connectivity index (χ1) is 12.7. The van der Waals surface area contributed by atoms with Gasteiger partial charge in [0.05, 0.1) is 16.5 Å². The number of sulfonamides is 1. The second-order valence-corrected chi connectivity index (χ2v) is 8.55. The molecule has 1 atom stereocenters. The number of halogens is 1. The molecule has 27 heavy (non-hydrogen) atoms. The number of anilines is 1. The first-order valence-corrected chi connectivity index (χ1v) is 10.0. The lowest BCUT2D eigenvalue weighted by molar-refractivity contribution is -0.123. The van der Waals surface area contributed by atoms with E-state index in [0.717, 1.165) is 0 Å². The summed E-state index contributed by atoms with van der Waals surface area (Å²) < 4.78 is 33.4. The molecule has 0 saturated carbocycles. The predicted octanol–water partition coefficient (Wildman–Crippen LogP) is 2.31.